The lowest BCUT2D eigenvalue weighted by atomic mass is 9.97. The number of nitrogens with zero attached hydrogens (tertiary/aromatic N) is 4. The van der Waals surface area contributed by atoms with Crippen LogP contribution in [-0.4, -0.2) is 51.6 Å². The molecular formula is C20H24N4O3. The molecule has 1 saturated heterocycles. The van der Waals surface area contributed by atoms with Crippen molar-refractivity contribution < 1.29 is 14.3 Å². The molecule has 2 amide bonds. The number of hydrogen-bond acceptors (Lipinski definition) is 4. The van der Waals surface area contributed by atoms with Gasteiger partial charge in [0.25, 0.3) is 0 Å². The summed E-state index contributed by atoms with van der Waals surface area (Å²) in [7, 11) is 3.48. The lowest BCUT2D eigenvalue weighted by Gasteiger charge is -2.40. The highest BCUT2D eigenvalue weighted by molar-refractivity contribution is 5.90. The van der Waals surface area contributed by atoms with E-state index in [0.717, 1.165) is 17.0 Å². The monoisotopic (exact) mass is 368 g/mol. The smallest absolute Gasteiger partial charge is 0.246 e. The standard InChI is InChI=1S/C20H24N4O3/c1-4-19(25)23-12-16(13-23)20(26)24(14-17-9-10-21-22(17)2)11-15-7-5-6-8-18(15)27-3/h4-10,16H,1,11-14H2,2-3H3. The molecule has 2 heterocycles. The number of amides is 2. The second-order valence-corrected chi connectivity index (χ2v) is 6.60. The summed E-state index contributed by atoms with van der Waals surface area (Å²) in [5.41, 5.74) is 1.88. The lowest BCUT2D eigenvalue weighted by Crippen LogP contribution is -2.55. The lowest BCUT2D eigenvalue weighted by molar-refractivity contribution is -0.147. The molecule has 1 fully saturated rings. The minimum atomic E-state index is -0.197. The maximum atomic E-state index is 13.1. The van der Waals surface area contributed by atoms with Crippen LogP contribution in [0.15, 0.2) is 49.2 Å². The summed E-state index contributed by atoms with van der Waals surface area (Å²) in [6.07, 6.45) is 3.00. The first-order chi connectivity index (χ1) is 13.0. The van der Waals surface area contributed by atoms with Gasteiger partial charge in [0.2, 0.25) is 11.8 Å². The van der Waals surface area contributed by atoms with Crippen molar-refractivity contribution in [2.45, 2.75) is 13.1 Å². The van der Waals surface area contributed by atoms with Crippen molar-refractivity contribution in [2.24, 2.45) is 13.0 Å². The van der Waals surface area contributed by atoms with E-state index in [4.69, 9.17) is 4.74 Å². The molecule has 0 saturated carbocycles. The van der Waals surface area contributed by atoms with Crippen molar-refractivity contribution in [3.05, 3.63) is 60.4 Å². The van der Waals surface area contributed by atoms with Gasteiger partial charge in [0.1, 0.15) is 5.75 Å². The third-order valence-electron chi connectivity index (χ3n) is 4.86. The third kappa shape index (κ3) is 4.02. The Kier molecular flexibility index (Phi) is 5.59. The van der Waals surface area contributed by atoms with Crippen LogP contribution in [0.1, 0.15) is 11.3 Å². The second-order valence-electron chi connectivity index (χ2n) is 6.60. The molecule has 1 aliphatic heterocycles. The first kappa shape index (κ1) is 18.7. The normalized spacial score (nSPS) is 13.8. The quantitative estimate of drug-likeness (QED) is 0.696. The summed E-state index contributed by atoms with van der Waals surface area (Å²) >= 11 is 0. The van der Waals surface area contributed by atoms with E-state index in [2.05, 4.69) is 11.7 Å². The number of rotatable bonds is 7. The van der Waals surface area contributed by atoms with Gasteiger partial charge in [-0.1, -0.05) is 24.8 Å². The van der Waals surface area contributed by atoms with Crippen LogP contribution in [0.25, 0.3) is 0 Å². The van der Waals surface area contributed by atoms with Gasteiger partial charge >= 0.3 is 0 Å². The van der Waals surface area contributed by atoms with E-state index < -0.39 is 0 Å². The van der Waals surface area contributed by atoms with Gasteiger partial charge in [-0.2, -0.15) is 5.10 Å². The molecule has 27 heavy (non-hydrogen) atoms. The topological polar surface area (TPSA) is 67.7 Å². The highest BCUT2D eigenvalue weighted by Crippen LogP contribution is 2.24. The predicted molar refractivity (Wildman–Crippen MR) is 101 cm³/mol. The van der Waals surface area contributed by atoms with Crippen LogP contribution in [-0.2, 0) is 29.7 Å². The van der Waals surface area contributed by atoms with E-state index in [1.807, 2.05) is 37.4 Å². The van der Waals surface area contributed by atoms with Crippen LogP contribution >= 0.6 is 0 Å². The summed E-state index contributed by atoms with van der Waals surface area (Å²) in [6.45, 7) is 5.22. The number of likely N-dealkylation sites (tertiary alicyclic amines) is 1. The molecule has 1 aromatic carbocycles. The minimum absolute atomic E-state index is 0.0234. The van der Waals surface area contributed by atoms with Crippen LogP contribution in [0, 0.1) is 5.92 Å². The molecule has 0 N–H and O–H groups in total. The van der Waals surface area contributed by atoms with Gasteiger partial charge < -0.3 is 14.5 Å². The average molecular weight is 368 g/mol. The van der Waals surface area contributed by atoms with Crippen LogP contribution in [0.2, 0.25) is 0 Å². The van der Waals surface area contributed by atoms with Gasteiger partial charge in [0.15, 0.2) is 0 Å². The molecule has 1 aliphatic rings. The van der Waals surface area contributed by atoms with Gasteiger partial charge in [0, 0.05) is 38.4 Å². The molecule has 1 aromatic heterocycles. The molecule has 7 nitrogen and oxygen atoms in total. The van der Waals surface area contributed by atoms with Gasteiger partial charge in [-0.05, 0) is 18.2 Å². The largest absolute Gasteiger partial charge is 0.496 e. The molecule has 7 heteroatoms. The molecule has 0 radical (unpaired) electrons. The van der Waals surface area contributed by atoms with E-state index in [0.29, 0.717) is 26.2 Å². The fourth-order valence-electron chi connectivity index (χ4n) is 3.20. The van der Waals surface area contributed by atoms with Crippen LogP contribution in [0.5, 0.6) is 5.75 Å². The van der Waals surface area contributed by atoms with Crippen molar-refractivity contribution in [1.29, 1.82) is 0 Å². The van der Waals surface area contributed by atoms with E-state index in [1.165, 1.54) is 6.08 Å². The van der Waals surface area contributed by atoms with Crippen molar-refractivity contribution in [1.82, 2.24) is 19.6 Å². The number of para-hydroxylation sites is 1. The first-order valence-electron chi connectivity index (χ1n) is 8.82. The first-order valence-corrected chi connectivity index (χ1v) is 8.82. The number of aromatic nitrogens is 2. The van der Waals surface area contributed by atoms with E-state index in [-0.39, 0.29) is 17.7 Å². The fraction of sp³-hybridized carbons (Fsp3) is 0.350. The van der Waals surface area contributed by atoms with E-state index >= 15 is 0 Å². The molecule has 142 valence electrons. The summed E-state index contributed by atoms with van der Waals surface area (Å²) in [5.74, 6) is 0.436. The molecule has 2 aromatic rings. The molecule has 0 aliphatic carbocycles. The highest BCUT2D eigenvalue weighted by atomic mass is 16.5. The van der Waals surface area contributed by atoms with E-state index in [1.54, 1.807) is 27.8 Å². The number of benzene rings is 1. The van der Waals surface area contributed by atoms with Crippen molar-refractivity contribution in [3.8, 4) is 5.75 Å². The van der Waals surface area contributed by atoms with Crippen molar-refractivity contribution in [3.63, 3.8) is 0 Å². The molecule has 0 atom stereocenters. The Morgan fingerprint density at radius 2 is 2.04 bits per heavy atom. The Morgan fingerprint density at radius 3 is 2.67 bits per heavy atom. The van der Waals surface area contributed by atoms with Gasteiger partial charge in [-0.15, -0.1) is 0 Å². The van der Waals surface area contributed by atoms with Gasteiger partial charge in [-0.25, -0.2) is 0 Å². The summed E-state index contributed by atoms with van der Waals surface area (Å²) in [4.78, 5) is 28.2. The Hall–Kier alpha value is -3.09. The number of ether oxygens (including phenoxy) is 1. The molecular weight excluding hydrogens is 344 g/mol. The number of carbonyl (C=O) groups excluding carboxylic acids is 2. The zero-order valence-corrected chi connectivity index (χ0v) is 15.7. The minimum Gasteiger partial charge on any atom is -0.496 e. The number of carbonyl (C=O) groups is 2. The molecule has 3 rings (SSSR count). The maximum absolute atomic E-state index is 13.1. The van der Waals surface area contributed by atoms with Crippen LogP contribution < -0.4 is 4.74 Å². The van der Waals surface area contributed by atoms with Crippen LogP contribution in [0.4, 0.5) is 0 Å². The third-order valence-corrected chi connectivity index (χ3v) is 4.86. The highest BCUT2D eigenvalue weighted by Gasteiger charge is 2.37. The molecule has 0 spiro atoms. The number of methoxy groups -OCH3 is 1. The fourth-order valence-corrected chi connectivity index (χ4v) is 3.20. The maximum Gasteiger partial charge on any atom is 0.246 e. The SMILES string of the molecule is C=CC(=O)N1CC(C(=O)N(Cc2ccccc2OC)Cc2ccnn2C)C1. The zero-order valence-electron chi connectivity index (χ0n) is 15.7. The summed E-state index contributed by atoms with van der Waals surface area (Å²) < 4.78 is 7.19. The average Bonchev–Trinajstić information content (AvgIpc) is 3.04. The Labute approximate surface area is 158 Å². The second kappa shape index (κ2) is 8.07. The molecule has 0 bridgehead atoms. The predicted octanol–water partition coefficient (Wildman–Crippen LogP) is 1.60. The Morgan fingerprint density at radius 1 is 1.30 bits per heavy atom. The van der Waals surface area contributed by atoms with Crippen molar-refractivity contribution in [2.75, 3.05) is 20.2 Å². The molecule has 0 unspecified atom stereocenters. The Bertz CT molecular complexity index is 839. The van der Waals surface area contributed by atoms with Crippen LogP contribution in [0.3, 0.4) is 0 Å². The zero-order chi connectivity index (χ0) is 19.4. The number of hydrogen-bond donors (Lipinski definition) is 0. The van der Waals surface area contributed by atoms with Crippen molar-refractivity contribution >= 4 is 11.8 Å². The van der Waals surface area contributed by atoms with Gasteiger partial charge in [0.05, 0.1) is 25.3 Å². The van der Waals surface area contributed by atoms with Gasteiger partial charge in [-0.3, -0.25) is 14.3 Å². The van der Waals surface area contributed by atoms with E-state index in [9.17, 15) is 9.59 Å². The Balaban J connectivity index is 1.77. The summed E-state index contributed by atoms with van der Waals surface area (Å²) in [6, 6.07) is 9.57. The summed E-state index contributed by atoms with van der Waals surface area (Å²) in [5, 5.41) is 4.19. The number of aryl methyl sites for hydroxylation is 1.